The number of nitrogen functional groups attached to an aromatic ring is 2. The number of carbonyl (C=O) groups excluding carboxylic acids is 2. The summed E-state index contributed by atoms with van der Waals surface area (Å²) >= 11 is 0. The topological polar surface area (TPSA) is 225 Å². The second kappa shape index (κ2) is 11.4. The maximum Gasteiger partial charge on any atom is 0.475 e. The van der Waals surface area contributed by atoms with Crippen molar-refractivity contribution in [3.63, 3.8) is 0 Å². The number of phosphoric acid groups is 1. The van der Waals surface area contributed by atoms with E-state index in [1.165, 1.54) is 10.9 Å². The number of nitrogens with two attached hydrogens (primary N) is 2. The SMILES string of the molecule is CC(C)OC(=O)CCNC(=O)[C@@H]1OP(=O)(OC[C@H]2O[C@@H](n3cnc4c(N)nc(N)nc43)[C@@](C)(F)[C@H]2O)OCC1(C)C. The monoisotopic (exact) mass is 603 g/mol. The zero-order chi connectivity index (χ0) is 30.3. The first kappa shape index (κ1) is 31.0. The van der Waals surface area contributed by atoms with E-state index < -0.39 is 61.9 Å². The normalized spacial score (nSPS) is 31.4. The Hall–Kier alpha value is -2.95. The van der Waals surface area contributed by atoms with Gasteiger partial charge >= 0.3 is 13.8 Å². The second-order valence-electron chi connectivity index (χ2n) is 11.0. The predicted molar refractivity (Wildman–Crippen MR) is 141 cm³/mol. The number of fused-ring (bicyclic) bond motifs is 1. The number of halogens is 1. The fourth-order valence-corrected chi connectivity index (χ4v) is 6.09. The first-order valence-corrected chi connectivity index (χ1v) is 14.3. The average molecular weight is 604 g/mol. The number of anilines is 2. The van der Waals surface area contributed by atoms with Crippen LogP contribution in [0.1, 0.15) is 47.3 Å². The molecule has 1 unspecified atom stereocenters. The smallest absolute Gasteiger partial charge is 0.463 e. The molecule has 6 atom stereocenters. The Morgan fingerprint density at radius 1 is 1.32 bits per heavy atom. The Labute approximate surface area is 234 Å². The Morgan fingerprint density at radius 2 is 2.02 bits per heavy atom. The van der Waals surface area contributed by atoms with Crippen molar-refractivity contribution in [2.45, 2.75) is 77.4 Å². The molecule has 6 N–H and O–H groups in total. The number of ether oxygens (including phenoxy) is 2. The van der Waals surface area contributed by atoms with E-state index in [1.807, 2.05) is 0 Å². The van der Waals surface area contributed by atoms with Crippen molar-refractivity contribution >= 4 is 42.6 Å². The van der Waals surface area contributed by atoms with Crippen LogP contribution in [0.2, 0.25) is 0 Å². The molecule has 41 heavy (non-hydrogen) atoms. The fraction of sp³-hybridized carbons (Fsp3) is 0.696. The third-order valence-corrected chi connectivity index (χ3v) is 7.98. The van der Waals surface area contributed by atoms with Crippen LogP contribution in [-0.2, 0) is 37.2 Å². The van der Waals surface area contributed by atoms with Crippen LogP contribution in [0.4, 0.5) is 16.2 Å². The highest BCUT2D eigenvalue weighted by Gasteiger charge is 2.57. The third-order valence-electron chi connectivity index (χ3n) is 6.60. The molecule has 2 aromatic heterocycles. The molecule has 16 nitrogen and oxygen atoms in total. The van der Waals surface area contributed by atoms with Crippen LogP contribution in [0.25, 0.3) is 11.2 Å². The van der Waals surface area contributed by atoms with Gasteiger partial charge in [0.25, 0.3) is 0 Å². The van der Waals surface area contributed by atoms with E-state index in [0.29, 0.717) is 0 Å². The summed E-state index contributed by atoms with van der Waals surface area (Å²) in [5.41, 5.74) is 8.43. The summed E-state index contributed by atoms with van der Waals surface area (Å²) in [6, 6.07) is 0. The molecule has 228 valence electrons. The van der Waals surface area contributed by atoms with Gasteiger partial charge in [-0.3, -0.25) is 27.7 Å². The summed E-state index contributed by atoms with van der Waals surface area (Å²) in [6.45, 7) is 7.02. The fourth-order valence-electron chi connectivity index (χ4n) is 4.44. The minimum Gasteiger partial charge on any atom is -0.463 e. The molecule has 2 fully saturated rings. The van der Waals surface area contributed by atoms with Crippen LogP contribution in [0, 0.1) is 5.41 Å². The summed E-state index contributed by atoms with van der Waals surface area (Å²) in [5, 5.41) is 13.3. The number of carbonyl (C=O) groups is 2. The molecule has 4 rings (SSSR count). The number of aromatic nitrogens is 4. The Kier molecular flexibility index (Phi) is 8.60. The molecule has 2 aliphatic heterocycles. The highest BCUT2D eigenvalue weighted by atomic mass is 31.2. The molecule has 4 heterocycles. The van der Waals surface area contributed by atoms with Gasteiger partial charge in [-0.15, -0.1) is 0 Å². The van der Waals surface area contributed by atoms with E-state index in [4.69, 9.17) is 34.5 Å². The quantitative estimate of drug-likeness (QED) is 0.232. The summed E-state index contributed by atoms with van der Waals surface area (Å²) in [7, 11) is -4.37. The third kappa shape index (κ3) is 6.44. The van der Waals surface area contributed by atoms with Gasteiger partial charge in [0.15, 0.2) is 29.5 Å². The maximum atomic E-state index is 15.8. The molecule has 0 spiro atoms. The van der Waals surface area contributed by atoms with Gasteiger partial charge in [0.2, 0.25) is 11.9 Å². The van der Waals surface area contributed by atoms with Crippen LogP contribution >= 0.6 is 7.82 Å². The van der Waals surface area contributed by atoms with Crippen molar-refractivity contribution in [1.82, 2.24) is 24.8 Å². The number of hydrogen-bond acceptors (Lipinski definition) is 14. The molecule has 0 saturated carbocycles. The number of alkyl halides is 1. The minimum absolute atomic E-state index is 0.0214. The van der Waals surface area contributed by atoms with Crippen molar-refractivity contribution in [1.29, 1.82) is 0 Å². The van der Waals surface area contributed by atoms with Crippen LogP contribution in [0.3, 0.4) is 0 Å². The molecule has 0 aliphatic carbocycles. The van der Waals surface area contributed by atoms with Crippen molar-refractivity contribution in [3.05, 3.63) is 6.33 Å². The van der Waals surface area contributed by atoms with Crippen LogP contribution in [0.5, 0.6) is 0 Å². The lowest BCUT2D eigenvalue weighted by atomic mass is 9.87. The van der Waals surface area contributed by atoms with E-state index in [0.717, 1.165) is 6.92 Å². The van der Waals surface area contributed by atoms with Gasteiger partial charge in [-0.2, -0.15) is 9.97 Å². The molecule has 2 saturated heterocycles. The number of nitrogens with zero attached hydrogens (tertiary/aromatic N) is 4. The van der Waals surface area contributed by atoms with Crippen molar-refractivity contribution < 1.29 is 46.7 Å². The van der Waals surface area contributed by atoms with Gasteiger partial charge < -0.3 is 31.4 Å². The number of hydrogen-bond donors (Lipinski definition) is 4. The van der Waals surface area contributed by atoms with Crippen LogP contribution < -0.4 is 16.8 Å². The lowest BCUT2D eigenvalue weighted by Gasteiger charge is -2.39. The van der Waals surface area contributed by atoms with Gasteiger partial charge in [0.05, 0.1) is 32.1 Å². The second-order valence-corrected chi connectivity index (χ2v) is 12.6. The van der Waals surface area contributed by atoms with E-state index in [1.54, 1.807) is 27.7 Å². The van der Waals surface area contributed by atoms with E-state index >= 15 is 4.39 Å². The summed E-state index contributed by atoms with van der Waals surface area (Å²) in [6.07, 6.45) is -4.95. The van der Waals surface area contributed by atoms with Gasteiger partial charge in [0, 0.05) is 12.0 Å². The summed E-state index contributed by atoms with van der Waals surface area (Å²) in [5.74, 6) is -1.32. The number of amides is 1. The number of phosphoric ester groups is 1. The van der Waals surface area contributed by atoms with E-state index in [9.17, 15) is 19.3 Å². The maximum absolute atomic E-state index is 15.8. The largest absolute Gasteiger partial charge is 0.475 e. The van der Waals surface area contributed by atoms with Gasteiger partial charge in [-0.1, -0.05) is 13.8 Å². The molecule has 0 bridgehead atoms. The number of nitrogens with one attached hydrogen (secondary N) is 1. The van der Waals surface area contributed by atoms with Crippen molar-refractivity contribution in [2.24, 2.45) is 5.41 Å². The van der Waals surface area contributed by atoms with Crippen molar-refractivity contribution in [3.8, 4) is 0 Å². The number of aliphatic hydroxyl groups excluding tert-OH is 1. The average Bonchev–Trinajstić information content (AvgIpc) is 3.37. The van der Waals surface area contributed by atoms with E-state index in [-0.39, 0.29) is 48.6 Å². The molecular formula is C23H35FN7O9P. The van der Waals surface area contributed by atoms with Crippen LogP contribution in [-0.4, -0.2) is 86.3 Å². The summed E-state index contributed by atoms with van der Waals surface area (Å²) in [4.78, 5) is 36.6. The number of rotatable bonds is 9. The van der Waals surface area contributed by atoms with Crippen LogP contribution in [0.15, 0.2) is 6.33 Å². The number of imidazole rings is 1. The zero-order valence-electron chi connectivity index (χ0n) is 23.3. The van der Waals surface area contributed by atoms with Gasteiger partial charge in [0.1, 0.15) is 17.7 Å². The standard InChI is InChI=1S/C23H35FN7O9P/c1-11(2)38-13(32)6-7-27-19(34)16-22(3,4)9-37-41(35,40-16)36-8-12-15(33)23(5,24)20(39-12)31-10-28-14-17(25)29-21(26)30-18(14)31/h10-12,15-16,20,33H,6-9H2,1-5H3,(H,27,34)(H4,25,26,29,30)/t12-,15+,16+,20-,23+,41?/m1/s1. The Balaban J connectivity index is 1.42. The molecular weight excluding hydrogens is 568 g/mol. The number of aliphatic hydroxyl groups is 1. The highest BCUT2D eigenvalue weighted by molar-refractivity contribution is 7.48. The molecule has 2 aromatic rings. The molecule has 0 aromatic carbocycles. The minimum atomic E-state index is -4.37. The van der Waals surface area contributed by atoms with Gasteiger partial charge in [-0.25, -0.2) is 13.9 Å². The Bertz CT molecular complexity index is 1350. The highest BCUT2D eigenvalue weighted by Crippen LogP contribution is 2.57. The number of esters is 1. The van der Waals surface area contributed by atoms with Gasteiger partial charge in [-0.05, 0) is 20.8 Å². The first-order valence-electron chi connectivity index (χ1n) is 12.9. The summed E-state index contributed by atoms with van der Waals surface area (Å²) < 4.78 is 57.3. The predicted octanol–water partition coefficient (Wildman–Crippen LogP) is 1.00. The van der Waals surface area contributed by atoms with Crippen molar-refractivity contribution in [2.75, 3.05) is 31.2 Å². The van der Waals surface area contributed by atoms with E-state index in [2.05, 4.69) is 20.3 Å². The molecule has 2 aliphatic rings. The molecule has 18 heteroatoms. The first-order chi connectivity index (χ1) is 19.0. The molecule has 0 radical (unpaired) electrons. The zero-order valence-corrected chi connectivity index (χ0v) is 24.2. The lowest BCUT2D eigenvalue weighted by Crippen LogP contribution is -2.50. The lowest BCUT2D eigenvalue weighted by molar-refractivity contribution is -0.147. The molecule has 1 amide bonds. The Morgan fingerprint density at radius 3 is 2.71 bits per heavy atom.